The van der Waals surface area contributed by atoms with Crippen molar-refractivity contribution < 1.29 is 9.53 Å². The van der Waals surface area contributed by atoms with E-state index in [0.717, 1.165) is 28.2 Å². The van der Waals surface area contributed by atoms with Gasteiger partial charge in [-0.15, -0.1) is 11.3 Å². The van der Waals surface area contributed by atoms with E-state index in [1.165, 1.54) is 0 Å². The van der Waals surface area contributed by atoms with E-state index in [4.69, 9.17) is 4.74 Å². The molecule has 2 aromatic heterocycles. The van der Waals surface area contributed by atoms with Crippen molar-refractivity contribution in [2.45, 2.75) is 13.5 Å². The number of carbonyl (C=O) groups is 1. The van der Waals surface area contributed by atoms with Crippen LogP contribution < -0.4 is 10.1 Å². The number of fused-ring (bicyclic) bond motifs is 1. The van der Waals surface area contributed by atoms with Crippen LogP contribution >= 0.6 is 11.3 Å². The largest absolute Gasteiger partial charge is 0.497 e. The molecule has 0 saturated heterocycles. The molecule has 21 heavy (non-hydrogen) atoms. The van der Waals surface area contributed by atoms with Crippen LogP contribution in [-0.4, -0.2) is 17.6 Å². The van der Waals surface area contributed by atoms with Crippen molar-refractivity contribution in [3.63, 3.8) is 0 Å². The van der Waals surface area contributed by atoms with Gasteiger partial charge in [-0.25, -0.2) is 0 Å². The van der Waals surface area contributed by atoms with Crippen LogP contribution in [0.5, 0.6) is 5.75 Å². The highest BCUT2D eigenvalue weighted by atomic mass is 32.1. The topological polar surface area (TPSA) is 43.3 Å². The number of amides is 1. The Balaban J connectivity index is 1.91. The summed E-state index contributed by atoms with van der Waals surface area (Å²) in [5.74, 6) is 0.619. The molecule has 0 fully saturated rings. The van der Waals surface area contributed by atoms with Crippen LogP contribution in [0.15, 0.2) is 41.8 Å². The fourth-order valence-electron chi connectivity index (χ4n) is 2.40. The third kappa shape index (κ3) is 2.52. The minimum Gasteiger partial charge on any atom is -0.497 e. The van der Waals surface area contributed by atoms with Crippen molar-refractivity contribution in [3.05, 3.63) is 47.5 Å². The highest BCUT2D eigenvalue weighted by Crippen LogP contribution is 2.26. The van der Waals surface area contributed by atoms with Gasteiger partial charge in [0.25, 0.3) is 5.91 Å². The lowest BCUT2D eigenvalue weighted by Crippen LogP contribution is -2.16. The van der Waals surface area contributed by atoms with Crippen molar-refractivity contribution in [1.82, 2.24) is 4.57 Å². The second kappa shape index (κ2) is 5.61. The van der Waals surface area contributed by atoms with Crippen molar-refractivity contribution >= 4 is 33.1 Å². The van der Waals surface area contributed by atoms with Gasteiger partial charge in [-0.05, 0) is 36.6 Å². The number of benzene rings is 1. The molecule has 0 aliphatic heterocycles. The quantitative estimate of drug-likeness (QED) is 0.792. The van der Waals surface area contributed by atoms with E-state index in [0.29, 0.717) is 5.69 Å². The molecule has 0 aliphatic carbocycles. The van der Waals surface area contributed by atoms with E-state index in [1.807, 2.05) is 47.2 Å². The Morgan fingerprint density at radius 1 is 1.33 bits per heavy atom. The van der Waals surface area contributed by atoms with E-state index < -0.39 is 0 Å². The van der Waals surface area contributed by atoms with Gasteiger partial charge in [0.05, 0.1) is 17.3 Å². The molecule has 1 aromatic carbocycles. The first-order valence-corrected chi connectivity index (χ1v) is 7.63. The number of aryl methyl sites for hydroxylation is 1. The lowest BCUT2D eigenvalue weighted by Gasteiger charge is -2.09. The molecule has 1 amide bonds. The Morgan fingerprint density at radius 2 is 2.19 bits per heavy atom. The summed E-state index contributed by atoms with van der Waals surface area (Å²) in [5.41, 5.74) is 2.52. The Kier molecular flexibility index (Phi) is 3.66. The predicted molar refractivity (Wildman–Crippen MR) is 86.4 cm³/mol. The van der Waals surface area contributed by atoms with Gasteiger partial charge >= 0.3 is 0 Å². The normalized spacial score (nSPS) is 10.8. The number of nitrogens with one attached hydrogen (secondary N) is 1. The molecule has 0 radical (unpaired) electrons. The number of thiophene rings is 1. The fraction of sp³-hybridized carbons (Fsp3) is 0.188. The summed E-state index contributed by atoms with van der Waals surface area (Å²) in [6, 6.07) is 11.3. The molecular formula is C16H16N2O2S. The third-order valence-corrected chi connectivity index (χ3v) is 4.25. The van der Waals surface area contributed by atoms with Gasteiger partial charge in [-0.1, -0.05) is 6.07 Å². The number of ether oxygens (including phenoxy) is 1. The van der Waals surface area contributed by atoms with E-state index in [9.17, 15) is 4.79 Å². The molecule has 4 nitrogen and oxygen atoms in total. The molecule has 2 heterocycles. The first-order chi connectivity index (χ1) is 10.2. The molecule has 0 aliphatic rings. The number of anilines is 1. The maximum atomic E-state index is 12.5. The fourth-order valence-corrected chi connectivity index (χ4v) is 3.22. The number of carbonyl (C=O) groups excluding carboxylic acids is 1. The summed E-state index contributed by atoms with van der Waals surface area (Å²) in [5, 5.41) is 4.97. The molecular weight excluding hydrogens is 284 g/mol. The minimum atomic E-state index is -0.103. The predicted octanol–water partition coefficient (Wildman–Crippen LogP) is 3.98. The summed E-state index contributed by atoms with van der Waals surface area (Å²) < 4.78 is 8.33. The zero-order valence-electron chi connectivity index (χ0n) is 11.9. The van der Waals surface area contributed by atoms with Gasteiger partial charge in [0.2, 0.25) is 0 Å². The summed E-state index contributed by atoms with van der Waals surface area (Å²) >= 11 is 1.65. The van der Waals surface area contributed by atoms with Crippen LogP contribution in [0.3, 0.4) is 0 Å². The van der Waals surface area contributed by atoms with E-state index in [1.54, 1.807) is 24.5 Å². The van der Waals surface area contributed by atoms with Gasteiger partial charge < -0.3 is 14.6 Å². The molecule has 3 rings (SSSR count). The van der Waals surface area contributed by atoms with Crippen LogP contribution in [-0.2, 0) is 6.54 Å². The average Bonchev–Trinajstić information content (AvgIpc) is 3.07. The molecule has 0 atom stereocenters. The molecule has 0 saturated carbocycles. The van der Waals surface area contributed by atoms with Crippen molar-refractivity contribution in [1.29, 1.82) is 0 Å². The van der Waals surface area contributed by atoms with E-state index >= 15 is 0 Å². The monoisotopic (exact) mass is 300 g/mol. The van der Waals surface area contributed by atoms with Crippen molar-refractivity contribution in [3.8, 4) is 5.75 Å². The maximum absolute atomic E-state index is 12.5. The first kappa shape index (κ1) is 13.7. The molecule has 1 N–H and O–H groups in total. The number of methoxy groups -OCH3 is 1. The lowest BCUT2D eigenvalue weighted by molar-refractivity contribution is 0.101. The van der Waals surface area contributed by atoms with Gasteiger partial charge in [-0.3, -0.25) is 4.79 Å². The number of hydrogen-bond acceptors (Lipinski definition) is 3. The number of aromatic nitrogens is 1. The van der Waals surface area contributed by atoms with Gasteiger partial charge in [-0.2, -0.15) is 0 Å². The highest BCUT2D eigenvalue weighted by molar-refractivity contribution is 7.17. The molecule has 0 spiro atoms. The lowest BCUT2D eigenvalue weighted by atomic mass is 10.3. The van der Waals surface area contributed by atoms with Crippen LogP contribution in [0.25, 0.3) is 10.2 Å². The summed E-state index contributed by atoms with van der Waals surface area (Å²) in [7, 11) is 1.61. The zero-order valence-corrected chi connectivity index (χ0v) is 12.7. The maximum Gasteiger partial charge on any atom is 0.272 e. The second-order valence-corrected chi connectivity index (χ2v) is 5.58. The highest BCUT2D eigenvalue weighted by Gasteiger charge is 2.15. The Bertz CT molecular complexity index is 789. The van der Waals surface area contributed by atoms with Crippen LogP contribution in [0.1, 0.15) is 17.4 Å². The first-order valence-electron chi connectivity index (χ1n) is 6.75. The van der Waals surface area contributed by atoms with E-state index in [2.05, 4.69) is 5.32 Å². The van der Waals surface area contributed by atoms with Crippen LogP contribution in [0.4, 0.5) is 5.69 Å². The third-order valence-electron chi connectivity index (χ3n) is 3.40. The summed E-state index contributed by atoms with van der Waals surface area (Å²) in [4.78, 5) is 12.5. The smallest absolute Gasteiger partial charge is 0.272 e. The average molecular weight is 300 g/mol. The number of rotatable bonds is 4. The van der Waals surface area contributed by atoms with Gasteiger partial charge in [0, 0.05) is 18.3 Å². The summed E-state index contributed by atoms with van der Waals surface area (Å²) in [6.07, 6.45) is 0. The molecule has 108 valence electrons. The van der Waals surface area contributed by atoms with Crippen LogP contribution in [0.2, 0.25) is 0 Å². The van der Waals surface area contributed by atoms with Crippen molar-refractivity contribution in [2.24, 2.45) is 0 Å². The Morgan fingerprint density at radius 3 is 2.95 bits per heavy atom. The Hall–Kier alpha value is -2.27. The zero-order chi connectivity index (χ0) is 14.8. The molecule has 0 bridgehead atoms. The number of nitrogens with zero attached hydrogens (tertiary/aromatic N) is 1. The molecule has 0 unspecified atom stereocenters. The van der Waals surface area contributed by atoms with Gasteiger partial charge in [0.15, 0.2) is 0 Å². The van der Waals surface area contributed by atoms with Crippen LogP contribution in [0, 0.1) is 0 Å². The SMILES string of the molecule is CCn1c(C(=O)Nc2cccc(OC)c2)cc2sccc21. The van der Waals surface area contributed by atoms with E-state index in [-0.39, 0.29) is 5.91 Å². The van der Waals surface area contributed by atoms with Crippen molar-refractivity contribution in [2.75, 3.05) is 12.4 Å². The van der Waals surface area contributed by atoms with Gasteiger partial charge in [0.1, 0.15) is 11.4 Å². The Labute approximate surface area is 127 Å². The standard InChI is InChI=1S/C16H16N2O2S/c1-3-18-13-7-8-21-15(13)10-14(18)16(19)17-11-5-4-6-12(9-11)20-2/h4-10H,3H2,1-2H3,(H,17,19). The summed E-state index contributed by atoms with van der Waals surface area (Å²) in [6.45, 7) is 2.81. The molecule has 3 aromatic rings. The number of hydrogen-bond donors (Lipinski definition) is 1. The second-order valence-electron chi connectivity index (χ2n) is 4.63. The minimum absolute atomic E-state index is 0.103. The molecule has 5 heteroatoms.